The van der Waals surface area contributed by atoms with Crippen LogP contribution in [0.2, 0.25) is 0 Å². The number of benzene rings is 1. The Morgan fingerprint density at radius 2 is 2.00 bits per heavy atom. The molecule has 1 aromatic rings. The maximum Gasteiger partial charge on any atom is 0.175 e. The second-order valence-corrected chi connectivity index (χ2v) is 8.36. The summed E-state index contributed by atoms with van der Waals surface area (Å²) in [5.74, 6) is -0.404. The first-order valence-corrected chi connectivity index (χ1v) is 8.85. The Balaban J connectivity index is 2.29. The molecule has 0 heterocycles. The summed E-state index contributed by atoms with van der Waals surface area (Å²) >= 11 is 0. The maximum absolute atomic E-state index is 13.9. The van der Waals surface area contributed by atoms with Crippen LogP contribution in [0.25, 0.3) is 0 Å². The van der Waals surface area contributed by atoms with Crippen molar-refractivity contribution in [1.29, 1.82) is 0 Å². The second kappa shape index (κ2) is 5.35. The molecule has 0 radical (unpaired) electrons. The highest BCUT2D eigenvalue weighted by Gasteiger charge is 2.32. The van der Waals surface area contributed by atoms with Crippen molar-refractivity contribution < 1.29 is 12.8 Å². The van der Waals surface area contributed by atoms with Crippen LogP contribution >= 0.6 is 0 Å². The van der Waals surface area contributed by atoms with Gasteiger partial charge in [0, 0.05) is 12.3 Å². The fourth-order valence-corrected chi connectivity index (χ4v) is 3.44. The summed E-state index contributed by atoms with van der Waals surface area (Å²) in [6.45, 7) is 4.34. The summed E-state index contributed by atoms with van der Waals surface area (Å²) in [7, 11) is -3.32. The topological polar surface area (TPSA) is 46.2 Å². The van der Waals surface area contributed by atoms with Crippen molar-refractivity contribution in [3.63, 3.8) is 0 Å². The van der Waals surface area contributed by atoms with E-state index >= 15 is 0 Å². The molecule has 1 unspecified atom stereocenters. The molecule has 20 heavy (non-hydrogen) atoms. The van der Waals surface area contributed by atoms with E-state index in [2.05, 4.69) is 19.2 Å². The van der Waals surface area contributed by atoms with E-state index < -0.39 is 15.7 Å². The number of halogens is 1. The summed E-state index contributed by atoms with van der Waals surface area (Å²) < 4.78 is 37.0. The molecule has 1 aliphatic rings. The zero-order chi connectivity index (χ0) is 15.0. The van der Waals surface area contributed by atoms with Crippen molar-refractivity contribution >= 4 is 15.5 Å². The van der Waals surface area contributed by atoms with Gasteiger partial charge in [-0.25, -0.2) is 12.8 Å². The summed E-state index contributed by atoms with van der Waals surface area (Å²) in [4.78, 5) is 0.148. The Kier molecular flexibility index (Phi) is 4.09. The van der Waals surface area contributed by atoms with Gasteiger partial charge in [-0.15, -0.1) is 0 Å². The molecule has 5 heteroatoms. The predicted octanol–water partition coefficient (Wildman–Crippen LogP) is 3.61. The average Bonchev–Trinajstić information content (AvgIpc) is 2.32. The quantitative estimate of drug-likeness (QED) is 0.867. The first-order chi connectivity index (χ1) is 9.20. The van der Waals surface area contributed by atoms with Crippen LogP contribution in [0, 0.1) is 11.2 Å². The fourth-order valence-electron chi connectivity index (χ4n) is 2.79. The molecule has 1 aromatic carbocycles. The van der Waals surface area contributed by atoms with Gasteiger partial charge >= 0.3 is 0 Å². The SMILES string of the molecule is CC1(C)CCCCC1Nc1cc(S(C)(=O)=O)ccc1F. The van der Waals surface area contributed by atoms with Crippen molar-refractivity contribution in [2.24, 2.45) is 5.41 Å². The van der Waals surface area contributed by atoms with Crippen LogP contribution in [0.4, 0.5) is 10.1 Å². The van der Waals surface area contributed by atoms with Crippen LogP contribution in [0.1, 0.15) is 39.5 Å². The second-order valence-electron chi connectivity index (χ2n) is 6.35. The van der Waals surface area contributed by atoms with E-state index in [0.29, 0.717) is 0 Å². The molecule has 0 amide bonds. The van der Waals surface area contributed by atoms with Gasteiger partial charge in [-0.2, -0.15) is 0 Å². The first-order valence-electron chi connectivity index (χ1n) is 6.96. The van der Waals surface area contributed by atoms with Crippen molar-refractivity contribution in [2.45, 2.75) is 50.5 Å². The lowest BCUT2D eigenvalue weighted by atomic mass is 9.73. The third-order valence-electron chi connectivity index (χ3n) is 4.20. The molecule has 0 aromatic heterocycles. The zero-order valence-corrected chi connectivity index (χ0v) is 13.1. The van der Waals surface area contributed by atoms with Gasteiger partial charge in [-0.3, -0.25) is 0 Å². The summed E-state index contributed by atoms with van der Waals surface area (Å²) in [6, 6.07) is 4.09. The molecule has 112 valence electrons. The van der Waals surface area contributed by atoms with E-state index in [9.17, 15) is 12.8 Å². The van der Waals surface area contributed by atoms with Gasteiger partial charge in [0.15, 0.2) is 9.84 Å². The number of hydrogen-bond acceptors (Lipinski definition) is 3. The van der Waals surface area contributed by atoms with Crippen molar-refractivity contribution in [1.82, 2.24) is 0 Å². The average molecular weight is 299 g/mol. The monoisotopic (exact) mass is 299 g/mol. The summed E-state index contributed by atoms with van der Waals surface area (Å²) in [6.07, 6.45) is 5.52. The number of rotatable bonds is 3. The van der Waals surface area contributed by atoms with Crippen molar-refractivity contribution in [2.75, 3.05) is 11.6 Å². The molecule has 3 nitrogen and oxygen atoms in total. The lowest BCUT2D eigenvalue weighted by Crippen LogP contribution is -2.39. The van der Waals surface area contributed by atoms with Crippen LogP contribution in [-0.4, -0.2) is 20.7 Å². The van der Waals surface area contributed by atoms with Crippen molar-refractivity contribution in [3.05, 3.63) is 24.0 Å². The Bertz CT molecular complexity index is 596. The molecule has 1 N–H and O–H groups in total. The minimum atomic E-state index is -3.32. The van der Waals surface area contributed by atoms with Crippen LogP contribution in [0.3, 0.4) is 0 Å². The third-order valence-corrected chi connectivity index (χ3v) is 5.31. The largest absolute Gasteiger partial charge is 0.379 e. The molecular formula is C15H22FNO2S. The molecule has 0 saturated heterocycles. The smallest absolute Gasteiger partial charge is 0.175 e. The zero-order valence-electron chi connectivity index (χ0n) is 12.2. The van der Waals surface area contributed by atoms with Gasteiger partial charge in [0.2, 0.25) is 0 Å². The minimum absolute atomic E-state index is 0.0891. The molecular weight excluding hydrogens is 277 g/mol. The highest BCUT2D eigenvalue weighted by molar-refractivity contribution is 7.90. The van der Waals surface area contributed by atoms with Crippen LogP contribution in [0.15, 0.2) is 23.1 Å². The van der Waals surface area contributed by atoms with Gasteiger partial charge in [0.05, 0.1) is 10.6 Å². The predicted molar refractivity (Wildman–Crippen MR) is 79.2 cm³/mol. The lowest BCUT2D eigenvalue weighted by molar-refractivity contribution is 0.216. The molecule has 0 spiro atoms. The van der Waals surface area contributed by atoms with E-state index in [0.717, 1.165) is 25.5 Å². The van der Waals surface area contributed by atoms with Gasteiger partial charge in [0.25, 0.3) is 0 Å². The number of nitrogens with one attached hydrogen (secondary N) is 1. The standard InChI is InChI=1S/C15H22FNO2S/c1-15(2)9-5-4-6-14(15)17-13-10-11(20(3,18)19)7-8-12(13)16/h7-8,10,14,17H,4-6,9H2,1-3H3. The Labute approximate surface area is 120 Å². The van der Waals surface area contributed by atoms with Gasteiger partial charge < -0.3 is 5.32 Å². The summed E-state index contributed by atoms with van der Waals surface area (Å²) in [5.41, 5.74) is 0.374. The molecule has 2 rings (SSSR count). The molecule has 1 atom stereocenters. The molecule has 0 bridgehead atoms. The highest BCUT2D eigenvalue weighted by atomic mass is 32.2. The Morgan fingerprint density at radius 3 is 2.60 bits per heavy atom. The molecule has 1 aliphatic carbocycles. The lowest BCUT2D eigenvalue weighted by Gasteiger charge is -2.39. The van der Waals surface area contributed by atoms with Crippen LogP contribution < -0.4 is 5.32 Å². The van der Waals surface area contributed by atoms with E-state index in [-0.39, 0.29) is 22.0 Å². The normalized spacial score (nSPS) is 22.5. The fraction of sp³-hybridized carbons (Fsp3) is 0.600. The molecule has 1 fully saturated rings. The Morgan fingerprint density at radius 1 is 1.30 bits per heavy atom. The third kappa shape index (κ3) is 3.32. The maximum atomic E-state index is 13.9. The Hall–Kier alpha value is -1.10. The van der Waals surface area contributed by atoms with E-state index in [1.165, 1.54) is 24.6 Å². The number of anilines is 1. The molecule has 1 saturated carbocycles. The molecule has 0 aliphatic heterocycles. The van der Waals surface area contributed by atoms with Gasteiger partial charge in [0.1, 0.15) is 5.82 Å². The van der Waals surface area contributed by atoms with Gasteiger partial charge in [-0.1, -0.05) is 26.7 Å². The van der Waals surface area contributed by atoms with Crippen LogP contribution in [0.5, 0.6) is 0 Å². The first kappa shape index (κ1) is 15.3. The minimum Gasteiger partial charge on any atom is -0.379 e. The number of sulfone groups is 1. The van der Waals surface area contributed by atoms with Crippen molar-refractivity contribution in [3.8, 4) is 0 Å². The van der Waals surface area contributed by atoms with Crippen LogP contribution in [-0.2, 0) is 9.84 Å². The highest BCUT2D eigenvalue weighted by Crippen LogP contribution is 2.37. The van der Waals surface area contributed by atoms with E-state index in [1.807, 2.05) is 0 Å². The van der Waals surface area contributed by atoms with E-state index in [1.54, 1.807) is 0 Å². The van der Waals surface area contributed by atoms with E-state index in [4.69, 9.17) is 0 Å². The number of hydrogen-bond donors (Lipinski definition) is 1. The summed E-state index contributed by atoms with van der Waals surface area (Å²) in [5, 5.41) is 3.21. The van der Waals surface area contributed by atoms with Gasteiger partial charge in [-0.05, 0) is 36.5 Å².